The van der Waals surface area contributed by atoms with Crippen molar-refractivity contribution < 1.29 is 4.74 Å². The molecule has 1 aromatic carbocycles. The SMILES string of the molecule is COc1ccc(-c2csc(CN=C(N)NCC3CCC3)c2)cc1. The number of benzene rings is 1. The summed E-state index contributed by atoms with van der Waals surface area (Å²) in [5.74, 6) is 2.21. The molecule has 0 amide bonds. The van der Waals surface area contributed by atoms with Gasteiger partial charge in [0.15, 0.2) is 5.96 Å². The fourth-order valence-corrected chi connectivity index (χ4v) is 3.38. The Kier molecular flexibility index (Phi) is 5.18. The second kappa shape index (κ2) is 7.51. The van der Waals surface area contributed by atoms with E-state index < -0.39 is 0 Å². The van der Waals surface area contributed by atoms with Gasteiger partial charge in [-0.15, -0.1) is 11.3 Å². The van der Waals surface area contributed by atoms with Crippen molar-refractivity contribution in [2.75, 3.05) is 13.7 Å². The van der Waals surface area contributed by atoms with Gasteiger partial charge in [0, 0.05) is 11.4 Å². The molecular formula is C18H23N3OS. The fourth-order valence-electron chi connectivity index (χ4n) is 2.56. The second-order valence-electron chi connectivity index (χ2n) is 5.91. The van der Waals surface area contributed by atoms with Gasteiger partial charge in [-0.05, 0) is 53.5 Å². The van der Waals surface area contributed by atoms with Gasteiger partial charge in [-0.2, -0.15) is 0 Å². The van der Waals surface area contributed by atoms with Crippen molar-refractivity contribution in [1.82, 2.24) is 5.32 Å². The van der Waals surface area contributed by atoms with E-state index in [2.05, 4.69) is 33.9 Å². The molecule has 0 radical (unpaired) electrons. The van der Waals surface area contributed by atoms with Crippen molar-refractivity contribution in [2.24, 2.45) is 16.6 Å². The summed E-state index contributed by atoms with van der Waals surface area (Å²) in [7, 11) is 1.68. The maximum absolute atomic E-state index is 5.93. The molecule has 0 saturated heterocycles. The van der Waals surface area contributed by atoms with Crippen LogP contribution in [0.4, 0.5) is 0 Å². The Labute approximate surface area is 141 Å². The van der Waals surface area contributed by atoms with Crippen LogP contribution in [0.2, 0.25) is 0 Å². The topological polar surface area (TPSA) is 59.6 Å². The van der Waals surface area contributed by atoms with Gasteiger partial charge in [0.05, 0.1) is 13.7 Å². The maximum atomic E-state index is 5.93. The Hall–Kier alpha value is -2.01. The molecule has 0 atom stereocenters. The monoisotopic (exact) mass is 329 g/mol. The van der Waals surface area contributed by atoms with Crippen molar-refractivity contribution in [1.29, 1.82) is 0 Å². The smallest absolute Gasteiger partial charge is 0.188 e. The van der Waals surface area contributed by atoms with Gasteiger partial charge in [0.25, 0.3) is 0 Å². The number of thiophene rings is 1. The minimum absolute atomic E-state index is 0.552. The highest BCUT2D eigenvalue weighted by Gasteiger charge is 2.16. The maximum Gasteiger partial charge on any atom is 0.188 e. The summed E-state index contributed by atoms with van der Waals surface area (Å²) in [4.78, 5) is 5.65. The van der Waals surface area contributed by atoms with Crippen LogP contribution >= 0.6 is 11.3 Å². The van der Waals surface area contributed by atoms with E-state index in [0.29, 0.717) is 12.5 Å². The zero-order valence-electron chi connectivity index (χ0n) is 13.4. The highest BCUT2D eigenvalue weighted by molar-refractivity contribution is 7.10. The van der Waals surface area contributed by atoms with E-state index in [9.17, 15) is 0 Å². The van der Waals surface area contributed by atoms with E-state index in [0.717, 1.165) is 18.2 Å². The number of methoxy groups -OCH3 is 1. The molecule has 0 unspecified atom stereocenters. The van der Waals surface area contributed by atoms with E-state index >= 15 is 0 Å². The van der Waals surface area contributed by atoms with Crippen LogP contribution < -0.4 is 15.8 Å². The van der Waals surface area contributed by atoms with Crippen LogP contribution in [0.1, 0.15) is 24.1 Å². The predicted molar refractivity (Wildman–Crippen MR) is 97.0 cm³/mol. The first kappa shape index (κ1) is 15.9. The molecule has 1 heterocycles. The predicted octanol–water partition coefficient (Wildman–Crippen LogP) is 3.63. The number of hydrogen-bond donors (Lipinski definition) is 2. The first-order valence-corrected chi connectivity index (χ1v) is 8.88. The molecule has 3 N–H and O–H groups in total. The summed E-state index contributed by atoms with van der Waals surface area (Å²) in [6.07, 6.45) is 3.99. The molecule has 2 aromatic rings. The summed E-state index contributed by atoms with van der Waals surface area (Å²) in [6, 6.07) is 10.3. The van der Waals surface area contributed by atoms with Gasteiger partial charge in [0.2, 0.25) is 0 Å². The highest BCUT2D eigenvalue weighted by Crippen LogP contribution is 2.27. The van der Waals surface area contributed by atoms with Crippen LogP contribution in [-0.4, -0.2) is 19.6 Å². The van der Waals surface area contributed by atoms with Gasteiger partial charge in [0.1, 0.15) is 5.75 Å². The van der Waals surface area contributed by atoms with Crippen LogP contribution in [0.3, 0.4) is 0 Å². The molecule has 5 heteroatoms. The highest BCUT2D eigenvalue weighted by atomic mass is 32.1. The molecular weight excluding hydrogens is 306 g/mol. The third-order valence-corrected chi connectivity index (χ3v) is 5.20. The number of ether oxygens (including phenoxy) is 1. The van der Waals surface area contributed by atoms with Crippen molar-refractivity contribution in [2.45, 2.75) is 25.8 Å². The quantitative estimate of drug-likeness (QED) is 0.628. The largest absolute Gasteiger partial charge is 0.497 e. The molecule has 23 heavy (non-hydrogen) atoms. The average molecular weight is 329 g/mol. The van der Waals surface area contributed by atoms with Crippen molar-refractivity contribution in [3.05, 3.63) is 40.6 Å². The number of nitrogens with two attached hydrogens (primary N) is 1. The van der Waals surface area contributed by atoms with E-state index in [4.69, 9.17) is 10.5 Å². The van der Waals surface area contributed by atoms with Crippen molar-refractivity contribution in [3.63, 3.8) is 0 Å². The summed E-state index contributed by atoms with van der Waals surface area (Å²) in [5, 5.41) is 5.38. The minimum Gasteiger partial charge on any atom is -0.497 e. The van der Waals surface area contributed by atoms with E-state index in [1.807, 2.05) is 12.1 Å². The molecule has 0 spiro atoms. The van der Waals surface area contributed by atoms with Crippen LogP contribution in [0, 0.1) is 5.92 Å². The van der Waals surface area contributed by atoms with Crippen molar-refractivity contribution >= 4 is 17.3 Å². The van der Waals surface area contributed by atoms with Crippen molar-refractivity contribution in [3.8, 4) is 16.9 Å². The van der Waals surface area contributed by atoms with E-state index in [1.165, 1.54) is 35.3 Å². The third-order valence-electron chi connectivity index (χ3n) is 4.28. The second-order valence-corrected chi connectivity index (χ2v) is 6.91. The van der Waals surface area contributed by atoms with Gasteiger partial charge in [-0.3, -0.25) is 0 Å². The van der Waals surface area contributed by atoms with Crippen LogP contribution in [0.5, 0.6) is 5.75 Å². The van der Waals surface area contributed by atoms with Gasteiger partial charge in [-0.25, -0.2) is 4.99 Å². The van der Waals surface area contributed by atoms with E-state index in [-0.39, 0.29) is 0 Å². The van der Waals surface area contributed by atoms with Crippen LogP contribution in [-0.2, 0) is 6.54 Å². The fraction of sp³-hybridized carbons (Fsp3) is 0.389. The Morgan fingerprint density at radius 1 is 1.30 bits per heavy atom. The molecule has 1 aliphatic carbocycles. The van der Waals surface area contributed by atoms with Gasteiger partial charge < -0.3 is 15.8 Å². The molecule has 1 aliphatic rings. The lowest BCUT2D eigenvalue weighted by atomic mass is 9.85. The minimum atomic E-state index is 0.552. The molecule has 0 aliphatic heterocycles. The van der Waals surface area contributed by atoms with E-state index in [1.54, 1.807) is 18.4 Å². The first-order chi connectivity index (χ1) is 11.2. The van der Waals surface area contributed by atoms with Gasteiger partial charge in [-0.1, -0.05) is 18.6 Å². The Balaban J connectivity index is 1.55. The number of nitrogens with one attached hydrogen (secondary N) is 1. The molecule has 1 fully saturated rings. The normalized spacial score (nSPS) is 15.3. The standard InChI is InChI=1S/C18H23N3OS/c1-22-16-7-5-14(6-8-16)15-9-17(23-12-15)11-21-18(19)20-10-13-3-2-4-13/h5-9,12-13H,2-4,10-11H2,1H3,(H3,19,20,21). The number of hydrogen-bond acceptors (Lipinski definition) is 3. The molecule has 122 valence electrons. The van der Waals surface area contributed by atoms with Gasteiger partial charge >= 0.3 is 0 Å². The number of nitrogens with zero attached hydrogens (tertiary/aromatic N) is 1. The zero-order valence-corrected chi connectivity index (χ0v) is 14.2. The molecule has 4 nitrogen and oxygen atoms in total. The summed E-state index contributed by atoms with van der Waals surface area (Å²) >= 11 is 1.71. The number of guanidine groups is 1. The Bertz CT molecular complexity index is 659. The molecule has 3 rings (SSSR count). The summed E-state index contributed by atoms with van der Waals surface area (Å²) < 4.78 is 5.19. The number of rotatable bonds is 6. The third kappa shape index (κ3) is 4.26. The summed E-state index contributed by atoms with van der Waals surface area (Å²) in [5.41, 5.74) is 8.33. The van der Waals surface area contributed by atoms with Crippen LogP contribution in [0.25, 0.3) is 11.1 Å². The zero-order chi connectivity index (χ0) is 16.1. The lowest BCUT2D eigenvalue weighted by Gasteiger charge is -2.25. The average Bonchev–Trinajstić information content (AvgIpc) is 3.00. The lowest BCUT2D eigenvalue weighted by molar-refractivity contribution is 0.315. The molecule has 1 saturated carbocycles. The molecule has 1 aromatic heterocycles. The Morgan fingerprint density at radius 3 is 2.74 bits per heavy atom. The Morgan fingerprint density at radius 2 is 2.09 bits per heavy atom. The molecule has 0 bridgehead atoms. The first-order valence-electron chi connectivity index (χ1n) is 8.00. The lowest BCUT2D eigenvalue weighted by Crippen LogP contribution is -2.37. The summed E-state index contributed by atoms with van der Waals surface area (Å²) in [6.45, 7) is 1.58. The van der Waals surface area contributed by atoms with Crippen LogP contribution in [0.15, 0.2) is 40.7 Å². The number of aliphatic imine (C=N–C) groups is 1.